The first kappa shape index (κ1) is 14.0. The van der Waals surface area contributed by atoms with Gasteiger partial charge in [0.2, 0.25) is 5.91 Å². The summed E-state index contributed by atoms with van der Waals surface area (Å²) in [6.07, 6.45) is 0. The molecule has 0 radical (unpaired) electrons. The van der Waals surface area contributed by atoms with E-state index in [0.29, 0.717) is 23.7 Å². The minimum Gasteiger partial charge on any atom is -0.399 e. The number of rotatable bonds is 5. The predicted octanol–water partition coefficient (Wildman–Crippen LogP) is 0.771. The summed E-state index contributed by atoms with van der Waals surface area (Å²) in [5.41, 5.74) is 6.54. The van der Waals surface area contributed by atoms with E-state index in [1.165, 1.54) is 0 Å². The molecule has 0 bridgehead atoms. The minimum atomic E-state index is -0.304. The van der Waals surface area contributed by atoms with Crippen LogP contribution in [0.3, 0.4) is 0 Å². The van der Waals surface area contributed by atoms with Crippen molar-refractivity contribution in [2.24, 2.45) is 5.92 Å². The molecule has 0 heterocycles. The van der Waals surface area contributed by atoms with Gasteiger partial charge in [0.15, 0.2) is 0 Å². The average molecular weight is 249 g/mol. The molecule has 1 aromatic rings. The molecule has 0 saturated carbocycles. The number of hydrogen-bond donors (Lipinski definition) is 3. The maximum Gasteiger partial charge on any atom is 0.251 e. The second-order valence-corrected chi connectivity index (χ2v) is 4.51. The van der Waals surface area contributed by atoms with Gasteiger partial charge in [-0.15, -0.1) is 0 Å². The zero-order valence-electron chi connectivity index (χ0n) is 10.7. The van der Waals surface area contributed by atoms with Crippen molar-refractivity contribution in [3.63, 3.8) is 0 Å². The second kappa shape index (κ2) is 6.64. The standard InChI is InChI=1S/C13H19N3O2/c1-9(2)7-15-12(17)8-16-13(18)10-4-3-5-11(14)6-10/h3-6,9H,7-8,14H2,1-2H3,(H,15,17)(H,16,18). The van der Waals surface area contributed by atoms with Crippen LogP contribution in [0, 0.1) is 5.92 Å². The topological polar surface area (TPSA) is 84.2 Å². The van der Waals surface area contributed by atoms with Crippen molar-refractivity contribution < 1.29 is 9.59 Å². The van der Waals surface area contributed by atoms with Crippen molar-refractivity contribution in [1.82, 2.24) is 10.6 Å². The van der Waals surface area contributed by atoms with E-state index in [1.807, 2.05) is 13.8 Å². The molecule has 18 heavy (non-hydrogen) atoms. The molecule has 2 amide bonds. The van der Waals surface area contributed by atoms with E-state index >= 15 is 0 Å². The van der Waals surface area contributed by atoms with Gasteiger partial charge in [-0.05, 0) is 24.1 Å². The first-order valence-corrected chi connectivity index (χ1v) is 5.89. The fraction of sp³-hybridized carbons (Fsp3) is 0.385. The number of nitrogen functional groups attached to an aromatic ring is 1. The summed E-state index contributed by atoms with van der Waals surface area (Å²) in [5.74, 6) is -0.110. The Morgan fingerprint density at radius 2 is 2.00 bits per heavy atom. The highest BCUT2D eigenvalue weighted by Gasteiger charge is 2.08. The van der Waals surface area contributed by atoms with Crippen LogP contribution < -0.4 is 16.4 Å². The van der Waals surface area contributed by atoms with E-state index < -0.39 is 0 Å². The third kappa shape index (κ3) is 4.86. The first-order valence-electron chi connectivity index (χ1n) is 5.89. The molecule has 4 N–H and O–H groups in total. The van der Waals surface area contributed by atoms with Crippen LogP contribution >= 0.6 is 0 Å². The number of benzene rings is 1. The van der Waals surface area contributed by atoms with Gasteiger partial charge in [0.1, 0.15) is 0 Å². The predicted molar refractivity (Wildman–Crippen MR) is 71.0 cm³/mol. The first-order chi connectivity index (χ1) is 8.49. The molecule has 0 aliphatic carbocycles. The largest absolute Gasteiger partial charge is 0.399 e. The Hall–Kier alpha value is -2.04. The van der Waals surface area contributed by atoms with Crippen molar-refractivity contribution in [1.29, 1.82) is 0 Å². The summed E-state index contributed by atoms with van der Waals surface area (Å²) in [6, 6.07) is 6.62. The van der Waals surface area contributed by atoms with Crippen LogP contribution in [0.2, 0.25) is 0 Å². The van der Waals surface area contributed by atoms with Crippen LogP contribution in [0.25, 0.3) is 0 Å². The summed E-state index contributed by atoms with van der Waals surface area (Å²) >= 11 is 0. The third-order valence-corrected chi connectivity index (χ3v) is 2.27. The van der Waals surface area contributed by atoms with Gasteiger partial charge < -0.3 is 16.4 Å². The van der Waals surface area contributed by atoms with Gasteiger partial charge in [-0.2, -0.15) is 0 Å². The summed E-state index contributed by atoms with van der Waals surface area (Å²) in [6.45, 7) is 4.59. The van der Waals surface area contributed by atoms with Crippen molar-refractivity contribution >= 4 is 17.5 Å². The van der Waals surface area contributed by atoms with Gasteiger partial charge in [-0.1, -0.05) is 19.9 Å². The fourth-order valence-corrected chi connectivity index (χ4v) is 1.32. The Morgan fingerprint density at radius 3 is 2.61 bits per heavy atom. The normalized spacial score (nSPS) is 10.2. The number of nitrogens with two attached hydrogens (primary N) is 1. The van der Waals surface area contributed by atoms with Crippen LogP contribution in [0.15, 0.2) is 24.3 Å². The van der Waals surface area contributed by atoms with Gasteiger partial charge >= 0.3 is 0 Å². The lowest BCUT2D eigenvalue weighted by atomic mass is 10.2. The number of amides is 2. The minimum absolute atomic E-state index is 0.0274. The highest BCUT2D eigenvalue weighted by Crippen LogP contribution is 2.05. The maximum atomic E-state index is 11.7. The lowest BCUT2D eigenvalue weighted by Gasteiger charge is -2.08. The molecule has 1 aromatic carbocycles. The zero-order chi connectivity index (χ0) is 13.5. The smallest absolute Gasteiger partial charge is 0.251 e. The summed E-state index contributed by atoms with van der Waals surface area (Å²) < 4.78 is 0. The molecule has 1 rings (SSSR count). The molecule has 0 atom stereocenters. The van der Waals surface area contributed by atoms with Crippen molar-refractivity contribution in [3.05, 3.63) is 29.8 Å². The fourth-order valence-electron chi connectivity index (χ4n) is 1.32. The van der Waals surface area contributed by atoms with Gasteiger partial charge in [0.05, 0.1) is 6.54 Å². The molecule has 0 saturated heterocycles. The van der Waals surface area contributed by atoms with E-state index in [4.69, 9.17) is 5.73 Å². The van der Waals surface area contributed by atoms with Crippen molar-refractivity contribution in [2.45, 2.75) is 13.8 Å². The number of nitrogens with one attached hydrogen (secondary N) is 2. The van der Waals surface area contributed by atoms with Crippen LogP contribution in [0.4, 0.5) is 5.69 Å². The Bertz CT molecular complexity index is 430. The van der Waals surface area contributed by atoms with Crippen LogP contribution in [0.5, 0.6) is 0 Å². The van der Waals surface area contributed by atoms with Crippen LogP contribution in [-0.4, -0.2) is 24.9 Å². The molecule has 0 aliphatic rings. The summed E-state index contributed by atoms with van der Waals surface area (Å²) in [5, 5.41) is 5.27. The number of anilines is 1. The van der Waals surface area contributed by atoms with Crippen molar-refractivity contribution in [3.8, 4) is 0 Å². The molecule has 0 aliphatic heterocycles. The highest BCUT2D eigenvalue weighted by atomic mass is 16.2. The summed E-state index contributed by atoms with van der Waals surface area (Å²) in [4.78, 5) is 23.1. The van der Waals surface area contributed by atoms with Gasteiger partial charge in [0, 0.05) is 17.8 Å². The van der Waals surface area contributed by atoms with E-state index in [0.717, 1.165) is 0 Å². The molecule has 5 nitrogen and oxygen atoms in total. The van der Waals surface area contributed by atoms with E-state index in [1.54, 1.807) is 24.3 Å². The van der Waals surface area contributed by atoms with Gasteiger partial charge in [-0.3, -0.25) is 9.59 Å². The lowest BCUT2D eigenvalue weighted by Crippen LogP contribution is -2.38. The van der Waals surface area contributed by atoms with Crippen LogP contribution in [0.1, 0.15) is 24.2 Å². The van der Waals surface area contributed by atoms with E-state index in [2.05, 4.69) is 10.6 Å². The van der Waals surface area contributed by atoms with E-state index in [9.17, 15) is 9.59 Å². The Balaban J connectivity index is 2.39. The number of hydrogen-bond acceptors (Lipinski definition) is 3. The highest BCUT2D eigenvalue weighted by molar-refractivity contribution is 5.97. The molecular formula is C13H19N3O2. The zero-order valence-corrected chi connectivity index (χ0v) is 10.7. The molecule has 0 aromatic heterocycles. The van der Waals surface area contributed by atoms with Gasteiger partial charge in [-0.25, -0.2) is 0 Å². The Kier molecular flexibility index (Phi) is 5.17. The SMILES string of the molecule is CC(C)CNC(=O)CNC(=O)c1cccc(N)c1. The number of carbonyl (C=O) groups excluding carboxylic acids is 2. The Morgan fingerprint density at radius 1 is 1.28 bits per heavy atom. The molecule has 5 heteroatoms. The molecule has 0 fully saturated rings. The van der Waals surface area contributed by atoms with Crippen molar-refractivity contribution in [2.75, 3.05) is 18.8 Å². The molecule has 0 spiro atoms. The monoisotopic (exact) mass is 249 g/mol. The Labute approximate surface area is 107 Å². The third-order valence-electron chi connectivity index (χ3n) is 2.27. The van der Waals surface area contributed by atoms with E-state index in [-0.39, 0.29) is 18.4 Å². The second-order valence-electron chi connectivity index (χ2n) is 4.51. The van der Waals surface area contributed by atoms with Gasteiger partial charge in [0.25, 0.3) is 5.91 Å². The molecular weight excluding hydrogens is 230 g/mol. The molecule has 98 valence electrons. The van der Waals surface area contributed by atoms with Crippen LogP contribution in [-0.2, 0) is 4.79 Å². The number of carbonyl (C=O) groups is 2. The summed E-state index contributed by atoms with van der Waals surface area (Å²) in [7, 11) is 0. The maximum absolute atomic E-state index is 11.7. The average Bonchev–Trinajstić information content (AvgIpc) is 2.33. The lowest BCUT2D eigenvalue weighted by molar-refractivity contribution is -0.120. The molecule has 0 unspecified atom stereocenters. The quantitative estimate of drug-likeness (QED) is 0.674.